The van der Waals surface area contributed by atoms with Gasteiger partial charge in [-0.2, -0.15) is 0 Å². The first-order chi connectivity index (χ1) is 11.3. The molecule has 0 aliphatic rings. The Morgan fingerprint density at radius 3 is 2.48 bits per heavy atom. The summed E-state index contributed by atoms with van der Waals surface area (Å²) in [4.78, 5) is 0. The number of nitrogens with zero attached hydrogens (tertiary/aromatic N) is 3. The third kappa shape index (κ3) is 3.63. The lowest BCUT2D eigenvalue weighted by atomic mass is 10.2. The lowest BCUT2D eigenvalue weighted by Gasteiger charge is -2.08. The third-order valence-electron chi connectivity index (χ3n) is 3.41. The van der Waals surface area contributed by atoms with Crippen LogP contribution in [0.25, 0.3) is 11.4 Å². The van der Waals surface area contributed by atoms with E-state index in [1.807, 2.05) is 48.5 Å². The molecule has 1 heterocycles. The predicted molar refractivity (Wildman–Crippen MR) is 96.1 cm³/mol. The average Bonchev–Trinajstić information content (AvgIpc) is 2.98. The molecular weight excluding hydrogens is 304 g/mol. The molecule has 0 radical (unpaired) electrons. The minimum Gasteiger partial charge on any atom is -0.399 e. The van der Waals surface area contributed by atoms with E-state index in [0.29, 0.717) is 6.54 Å². The third-order valence-corrected chi connectivity index (χ3v) is 4.45. The maximum Gasteiger partial charge on any atom is 0.192 e. The Morgan fingerprint density at radius 1 is 1.04 bits per heavy atom. The van der Waals surface area contributed by atoms with Gasteiger partial charge in [0.15, 0.2) is 11.0 Å². The van der Waals surface area contributed by atoms with E-state index in [1.54, 1.807) is 11.8 Å². The fourth-order valence-corrected chi connectivity index (χ4v) is 3.16. The first kappa shape index (κ1) is 15.4. The Bertz CT molecular complexity index is 779. The van der Waals surface area contributed by atoms with E-state index in [-0.39, 0.29) is 0 Å². The summed E-state index contributed by atoms with van der Waals surface area (Å²) in [6, 6.07) is 18.0. The molecule has 0 saturated heterocycles. The van der Waals surface area contributed by atoms with Gasteiger partial charge in [-0.1, -0.05) is 48.2 Å². The first-order valence-electron chi connectivity index (χ1n) is 7.34. The van der Waals surface area contributed by atoms with Crippen LogP contribution < -0.4 is 5.73 Å². The Morgan fingerprint density at radius 2 is 1.78 bits per heavy atom. The summed E-state index contributed by atoms with van der Waals surface area (Å²) >= 11 is 1.68. The van der Waals surface area contributed by atoms with E-state index in [0.717, 1.165) is 28.0 Å². The van der Waals surface area contributed by atoms with Crippen molar-refractivity contribution < 1.29 is 0 Å². The van der Waals surface area contributed by atoms with E-state index < -0.39 is 0 Å². The number of allylic oxidation sites excluding steroid dienone is 1. The average molecular weight is 322 g/mol. The van der Waals surface area contributed by atoms with Crippen LogP contribution in [0.5, 0.6) is 0 Å². The van der Waals surface area contributed by atoms with Gasteiger partial charge in [-0.05, 0) is 29.8 Å². The minimum absolute atomic E-state index is 0.670. The number of hydrogen-bond acceptors (Lipinski definition) is 4. The van der Waals surface area contributed by atoms with E-state index in [2.05, 4.69) is 33.5 Å². The quantitative estimate of drug-likeness (QED) is 0.423. The van der Waals surface area contributed by atoms with Crippen molar-refractivity contribution >= 4 is 17.4 Å². The highest BCUT2D eigenvalue weighted by atomic mass is 32.2. The van der Waals surface area contributed by atoms with Crippen LogP contribution >= 0.6 is 11.8 Å². The van der Waals surface area contributed by atoms with Gasteiger partial charge < -0.3 is 5.73 Å². The normalized spacial score (nSPS) is 10.6. The lowest BCUT2D eigenvalue weighted by molar-refractivity contribution is 0.731. The molecule has 0 bridgehead atoms. The van der Waals surface area contributed by atoms with Gasteiger partial charge in [-0.3, -0.25) is 4.57 Å². The maximum absolute atomic E-state index is 5.76. The predicted octanol–water partition coefficient (Wildman–Crippen LogP) is 4.01. The van der Waals surface area contributed by atoms with Gasteiger partial charge in [-0.25, -0.2) is 0 Å². The van der Waals surface area contributed by atoms with Crippen molar-refractivity contribution in [2.24, 2.45) is 0 Å². The number of anilines is 1. The molecule has 23 heavy (non-hydrogen) atoms. The van der Waals surface area contributed by atoms with Gasteiger partial charge in [0.2, 0.25) is 0 Å². The molecule has 2 N–H and O–H groups in total. The summed E-state index contributed by atoms with van der Waals surface area (Å²) in [5.41, 5.74) is 8.76. The summed E-state index contributed by atoms with van der Waals surface area (Å²) in [7, 11) is 0. The molecular formula is C18H18N4S. The van der Waals surface area contributed by atoms with Gasteiger partial charge in [0.05, 0.1) is 0 Å². The number of aromatic nitrogens is 3. The number of nitrogen functional groups attached to an aromatic ring is 1. The molecule has 0 unspecified atom stereocenters. The molecule has 1 aromatic heterocycles. The second kappa shape index (κ2) is 7.15. The second-order valence-electron chi connectivity index (χ2n) is 5.10. The van der Waals surface area contributed by atoms with Crippen LogP contribution in [0.3, 0.4) is 0 Å². The van der Waals surface area contributed by atoms with Crippen LogP contribution in [0.2, 0.25) is 0 Å². The van der Waals surface area contributed by atoms with Crippen molar-refractivity contribution in [2.45, 2.75) is 17.5 Å². The van der Waals surface area contributed by atoms with Crippen molar-refractivity contribution in [3.05, 3.63) is 72.8 Å². The second-order valence-corrected chi connectivity index (χ2v) is 6.04. The lowest BCUT2D eigenvalue weighted by Crippen LogP contribution is -2.00. The fourth-order valence-electron chi connectivity index (χ4n) is 2.26. The SMILES string of the molecule is C=CCn1c(SCc2ccccc2)nnc1-c1ccc(N)cc1. The molecule has 0 fully saturated rings. The van der Waals surface area contributed by atoms with Crippen molar-refractivity contribution in [1.29, 1.82) is 0 Å². The molecule has 3 rings (SSSR count). The molecule has 5 heteroatoms. The smallest absolute Gasteiger partial charge is 0.192 e. The standard InChI is InChI=1S/C18H18N4S/c1-2-12-22-17(15-8-10-16(19)11-9-15)20-21-18(22)23-13-14-6-4-3-5-7-14/h2-11H,1,12-13,19H2. The Hall–Kier alpha value is -2.53. The molecule has 0 aliphatic heterocycles. The summed E-state index contributed by atoms with van der Waals surface area (Å²) in [6.07, 6.45) is 1.86. The van der Waals surface area contributed by atoms with Gasteiger partial charge in [0.25, 0.3) is 0 Å². The highest BCUT2D eigenvalue weighted by Crippen LogP contribution is 2.26. The fraction of sp³-hybridized carbons (Fsp3) is 0.111. The van der Waals surface area contributed by atoms with Crippen LogP contribution in [0.4, 0.5) is 5.69 Å². The highest BCUT2D eigenvalue weighted by molar-refractivity contribution is 7.98. The number of thioether (sulfide) groups is 1. The summed E-state index contributed by atoms with van der Waals surface area (Å²) in [5.74, 6) is 1.69. The topological polar surface area (TPSA) is 56.7 Å². The number of benzene rings is 2. The zero-order valence-corrected chi connectivity index (χ0v) is 13.5. The van der Waals surface area contributed by atoms with E-state index in [1.165, 1.54) is 5.56 Å². The zero-order valence-electron chi connectivity index (χ0n) is 12.7. The van der Waals surface area contributed by atoms with Gasteiger partial charge in [0, 0.05) is 23.5 Å². The van der Waals surface area contributed by atoms with Gasteiger partial charge >= 0.3 is 0 Å². The molecule has 4 nitrogen and oxygen atoms in total. The van der Waals surface area contributed by atoms with Crippen molar-refractivity contribution in [2.75, 3.05) is 5.73 Å². The monoisotopic (exact) mass is 322 g/mol. The van der Waals surface area contributed by atoms with Gasteiger partial charge in [-0.15, -0.1) is 16.8 Å². The van der Waals surface area contributed by atoms with Crippen LogP contribution in [-0.4, -0.2) is 14.8 Å². The van der Waals surface area contributed by atoms with E-state index in [4.69, 9.17) is 5.73 Å². The van der Waals surface area contributed by atoms with Crippen molar-refractivity contribution in [3.63, 3.8) is 0 Å². The minimum atomic E-state index is 0.670. The zero-order chi connectivity index (χ0) is 16.1. The molecule has 2 aromatic carbocycles. The van der Waals surface area contributed by atoms with Gasteiger partial charge in [0.1, 0.15) is 0 Å². The number of hydrogen-bond donors (Lipinski definition) is 1. The molecule has 0 amide bonds. The summed E-state index contributed by atoms with van der Waals surface area (Å²) in [5, 5.41) is 9.59. The highest BCUT2D eigenvalue weighted by Gasteiger charge is 2.13. The molecule has 3 aromatic rings. The van der Waals surface area contributed by atoms with E-state index in [9.17, 15) is 0 Å². The van der Waals surface area contributed by atoms with Crippen LogP contribution in [0.1, 0.15) is 5.56 Å². The summed E-state index contributed by atoms with van der Waals surface area (Å²) in [6.45, 7) is 4.51. The number of rotatable bonds is 6. The molecule has 0 aliphatic carbocycles. The van der Waals surface area contributed by atoms with Crippen molar-refractivity contribution in [3.8, 4) is 11.4 Å². The summed E-state index contributed by atoms with van der Waals surface area (Å²) < 4.78 is 2.08. The maximum atomic E-state index is 5.76. The number of nitrogens with two attached hydrogens (primary N) is 1. The first-order valence-corrected chi connectivity index (χ1v) is 8.33. The largest absolute Gasteiger partial charge is 0.399 e. The molecule has 116 valence electrons. The van der Waals surface area contributed by atoms with Crippen LogP contribution in [-0.2, 0) is 12.3 Å². The van der Waals surface area contributed by atoms with E-state index >= 15 is 0 Å². The molecule has 0 saturated carbocycles. The van der Waals surface area contributed by atoms with Crippen molar-refractivity contribution in [1.82, 2.24) is 14.8 Å². The van der Waals surface area contributed by atoms with Crippen LogP contribution in [0, 0.1) is 0 Å². The molecule has 0 spiro atoms. The molecule has 0 atom stereocenters. The Labute approximate surface area is 140 Å². The Kier molecular flexibility index (Phi) is 4.78. The van der Waals surface area contributed by atoms with Crippen LogP contribution in [0.15, 0.2) is 72.4 Å². The Balaban J connectivity index is 1.86.